The van der Waals surface area contributed by atoms with E-state index in [1.165, 1.54) is 0 Å². The topological polar surface area (TPSA) is 119 Å². The summed E-state index contributed by atoms with van der Waals surface area (Å²) in [4.78, 5) is 22.8. The highest BCUT2D eigenvalue weighted by atomic mass is 32.2. The van der Waals surface area contributed by atoms with Crippen LogP contribution in [0.5, 0.6) is 0 Å². The number of hydrogen-bond donors (Lipinski definition) is 2. The van der Waals surface area contributed by atoms with Gasteiger partial charge in [-0.25, -0.2) is 4.79 Å². The fourth-order valence-electron chi connectivity index (χ4n) is 2.51. The first-order valence-corrected chi connectivity index (χ1v) is 9.35. The Labute approximate surface area is 136 Å². The zero-order valence-electron chi connectivity index (χ0n) is 13.3. The molecule has 0 spiro atoms. The SMILES string of the molecule is CC(OCC1(C=O)CCCCC1)OC(=O)NCCCS(=O)(=O)O. The second-order valence-corrected chi connectivity index (χ2v) is 7.46. The van der Waals surface area contributed by atoms with Crippen LogP contribution >= 0.6 is 0 Å². The molecule has 8 nitrogen and oxygen atoms in total. The smallest absolute Gasteiger partial charge is 0.409 e. The molecule has 1 saturated carbocycles. The summed E-state index contributed by atoms with van der Waals surface area (Å²) in [6.45, 7) is 1.83. The Bertz CT molecular complexity index is 485. The maximum Gasteiger partial charge on any atom is 0.409 e. The third-order valence-electron chi connectivity index (χ3n) is 3.83. The number of amides is 1. The number of nitrogens with one attached hydrogen (secondary N) is 1. The van der Waals surface area contributed by atoms with Crippen molar-refractivity contribution in [3.05, 3.63) is 0 Å². The molecule has 9 heteroatoms. The molecule has 0 heterocycles. The second-order valence-electron chi connectivity index (χ2n) is 5.89. The van der Waals surface area contributed by atoms with Gasteiger partial charge in [-0.1, -0.05) is 19.3 Å². The summed E-state index contributed by atoms with van der Waals surface area (Å²) >= 11 is 0. The van der Waals surface area contributed by atoms with Crippen molar-refractivity contribution in [2.75, 3.05) is 18.9 Å². The molecule has 0 radical (unpaired) electrons. The molecule has 1 aliphatic rings. The van der Waals surface area contributed by atoms with Crippen molar-refractivity contribution >= 4 is 22.5 Å². The third-order valence-corrected chi connectivity index (χ3v) is 4.63. The van der Waals surface area contributed by atoms with Gasteiger partial charge in [0.25, 0.3) is 10.1 Å². The Morgan fingerprint density at radius 2 is 2.00 bits per heavy atom. The molecule has 2 N–H and O–H groups in total. The Morgan fingerprint density at radius 1 is 1.35 bits per heavy atom. The molecule has 0 aliphatic heterocycles. The van der Waals surface area contributed by atoms with Crippen LogP contribution in [-0.4, -0.2) is 50.5 Å². The highest BCUT2D eigenvalue weighted by Crippen LogP contribution is 2.34. The van der Waals surface area contributed by atoms with Gasteiger partial charge >= 0.3 is 6.09 Å². The zero-order valence-corrected chi connectivity index (χ0v) is 14.1. The minimum absolute atomic E-state index is 0.0591. The maximum atomic E-state index is 11.5. The van der Waals surface area contributed by atoms with Crippen LogP contribution in [0.4, 0.5) is 4.79 Å². The predicted molar refractivity (Wildman–Crippen MR) is 82.5 cm³/mol. The average Bonchev–Trinajstić information content (AvgIpc) is 2.50. The first-order valence-electron chi connectivity index (χ1n) is 7.74. The van der Waals surface area contributed by atoms with Gasteiger partial charge in [0, 0.05) is 12.0 Å². The monoisotopic (exact) mass is 351 g/mol. The van der Waals surface area contributed by atoms with E-state index >= 15 is 0 Å². The Balaban J connectivity index is 2.23. The molecule has 0 bridgehead atoms. The van der Waals surface area contributed by atoms with Crippen molar-refractivity contribution in [2.45, 2.75) is 51.7 Å². The molecule has 1 aliphatic carbocycles. The number of alkyl carbamates (subject to hydrolysis) is 1. The van der Waals surface area contributed by atoms with E-state index in [-0.39, 0.29) is 19.6 Å². The zero-order chi connectivity index (χ0) is 17.3. The lowest BCUT2D eigenvalue weighted by Crippen LogP contribution is -2.35. The first-order chi connectivity index (χ1) is 10.8. The number of carbonyl (C=O) groups is 2. The summed E-state index contributed by atoms with van der Waals surface area (Å²) in [6.07, 6.45) is 4.14. The van der Waals surface area contributed by atoms with Gasteiger partial charge in [-0.15, -0.1) is 0 Å². The Hall–Kier alpha value is -1.19. The van der Waals surface area contributed by atoms with Crippen molar-refractivity contribution in [1.82, 2.24) is 5.32 Å². The molecule has 1 amide bonds. The normalized spacial score (nSPS) is 18.9. The van der Waals surface area contributed by atoms with Crippen LogP contribution in [0, 0.1) is 5.41 Å². The lowest BCUT2D eigenvalue weighted by molar-refractivity contribution is -0.139. The van der Waals surface area contributed by atoms with Crippen LogP contribution in [0.25, 0.3) is 0 Å². The van der Waals surface area contributed by atoms with Crippen molar-refractivity contribution in [3.8, 4) is 0 Å². The standard InChI is InChI=1S/C14H25NO7S/c1-12(21-11-14(10-16)6-3-2-4-7-14)22-13(17)15-8-5-9-23(18,19)20/h10,12H,2-9,11H2,1H3,(H,15,17)(H,18,19,20). The highest BCUT2D eigenvalue weighted by molar-refractivity contribution is 7.85. The van der Waals surface area contributed by atoms with Gasteiger partial charge in [0.2, 0.25) is 6.29 Å². The van der Waals surface area contributed by atoms with Crippen molar-refractivity contribution in [2.24, 2.45) is 5.41 Å². The van der Waals surface area contributed by atoms with Crippen LogP contribution < -0.4 is 5.32 Å². The summed E-state index contributed by atoms with van der Waals surface area (Å²) in [6, 6.07) is 0. The van der Waals surface area contributed by atoms with E-state index in [0.29, 0.717) is 0 Å². The van der Waals surface area contributed by atoms with E-state index in [1.807, 2.05) is 0 Å². The van der Waals surface area contributed by atoms with Crippen molar-refractivity contribution in [3.63, 3.8) is 0 Å². The van der Waals surface area contributed by atoms with Crippen molar-refractivity contribution in [1.29, 1.82) is 0 Å². The molecule has 1 atom stereocenters. The Kier molecular flexibility index (Phi) is 7.93. The van der Waals surface area contributed by atoms with E-state index in [2.05, 4.69) is 5.32 Å². The predicted octanol–water partition coefficient (Wildman–Crippen LogP) is 1.50. The number of ether oxygens (including phenoxy) is 2. The lowest BCUT2D eigenvalue weighted by atomic mass is 9.76. The van der Waals surface area contributed by atoms with Gasteiger partial charge in [0.1, 0.15) is 6.29 Å². The molecule has 1 rings (SSSR count). The number of aldehydes is 1. The van der Waals surface area contributed by atoms with E-state index < -0.39 is 33.7 Å². The van der Waals surface area contributed by atoms with Crippen LogP contribution in [-0.2, 0) is 24.4 Å². The van der Waals surface area contributed by atoms with Gasteiger partial charge in [0.05, 0.1) is 12.4 Å². The molecule has 0 saturated heterocycles. The average molecular weight is 351 g/mol. The van der Waals surface area contributed by atoms with Gasteiger partial charge in [0.15, 0.2) is 0 Å². The number of rotatable bonds is 9. The molecular formula is C14H25NO7S. The van der Waals surface area contributed by atoms with E-state index in [0.717, 1.165) is 38.4 Å². The minimum atomic E-state index is -4.03. The van der Waals surface area contributed by atoms with Crippen molar-refractivity contribution < 1.29 is 32.0 Å². The largest absolute Gasteiger partial charge is 0.420 e. The maximum absolute atomic E-state index is 11.5. The lowest BCUT2D eigenvalue weighted by Gasteiger charge is -2.32. The van der Waals surface area contributed by atoms with E-state index in [9.17, 15) is 18.0 Å². The highest BCUT2D eigenvalue weighted by Gasteiger charge is 2.32. The Morgan fingerprint density at radius 3 is 2.57 bits per heavy atom. The molecule has 0 aromatic rings. The molecular weight excluding hydrogens is 326 g/mol. The van der Waals surface area contributed by atoms with Crippen LogP contribution in [0.1, 0.15) is 45.4 Å². The van der Waals surface area contributed by atoms with Crippen LogP contribution in [0.2, 0.25) is 0 Å². The van der Waals surface area contributed by atoms with Gasteiger partial charge in [-0.05, 0) is 26.2 Å². The molecule has 1 fully saturated rings. The third kappa shape index (κ3) is 8.29. The van der Waals surface area contributed by atoms with E-state index in [4.69, 9.17) is 14.0 Å². The molecule has 1 unspecified atom stereocenters. The summed E-state index contributed by atoms with van der Waals surface area (Å²) < 4.78 is 40.0. The molecule has 23 heavy (non-hydrogen) atoms. The van der Waals surface area contributed by atoms with Gasteiger partial charge in [-0.3, -0.25) is 4.55 Å². The molecule has 0 aromatic heterocycles. The molecule has 0 aromatic carbocycles. The second kappa shape index (κ2) is 9.19. The summed E-state index contributed by atoms with van der Waals surface area (Å²) in [7, 11) is -4.03. The summed E-state index contributed by atoms with van der Waals surface area (Å²) in [5.74, 6) is -0.429. The van der Waals surface area contributed by atoms with Gasteiger partial charge < -0.3 is 19.6 Å². The summed E-state index contributed by atoms with van der Waals surface area (Å²) in [5, 5.41) is 2.36. The number of carbonyl (C=O) groups excluding carboxylic acids is 2. The van der Waals surface area contributed by atoms with Crippen LogP contribution in [0.15, 0.2) is 0 Å². The van der Waals surface area contributed by atoms with Gasteiger partial charge in [-0.2, -0.15) is 8.42 Å². The number of hydrogen-bond acceptors (Lipinski definition) is 6. The van der Waals surface area contributed by atoms with Crippen LogP contribution in [0.3, 0.4) is 0 Å². The quantitative estimate of drug-likeness (QED) is 0.280. The summed E-state index contributed by atoms with van der Waals surface area (Å²) in [5.41, 5.74) is -0.484. The first kappa shape index (κ1) is 19.9. The minimum Gasteiger partial charge on any atom is -0.420 e. The van der Waals surface area contributed by atoms with E-state index in [1.54, 1.807) is 6.92 Å². The fourth-order valence-corrected chi connectivity index (χ4v) is 3.02. The fraction of sp³-hybridized carbons (Fsp3) is 0.857. The molecule has 134 valence electrons.